The third-order valence-electron chi connectivity index (χ3n) is 1.32. The minimum Gasteiger partial charge on any atom is -0.289 e. The molecule has 3 nitrogen and oxygen atoms in total. The van der Waals surface area contributed by atoms with Gasteiger partial charge in [0.1, 0.15) is 6.20 Å². The fourth-order valence-electron chi connectivity index (χ4n) is 0.844. The van der Waals surface area contributed by atoms with E-state index in [1.165, 1.54) is 6.08 Å². The third-order valence-corrected chi connectivity index (χ3v) is 1.32. The molecular weight excluding hydrogens is 128 g/mol. The Bertz CT molecular complexity index is 302. The molecule has 2 aliphatic rings. The number of ketones is 1. The van der Waals surface area contributed by atoms with E-state index in [4.69, 9.17) is 0 Å². The number of fused-ring (bicyclic) bond motifs is 1. The zero-order valence-corrected chi connectivity index (χ0v) is 5.03. The third kappa shape index (κ3) is 0.572. The van der Waals surface area contributed by atoms with E-state index in [2.05, 4.69) is 16.4 Å². The van der Waals surface area contributed by atoms with Crippen molar-refractivity contribution in [3.05, 3.63) is 35.7 Å². The molecule has 0 atom stereocenters. The van der Waals surface area contributed by atoms with E-state index in [1.807, 2.05) is 0 Å². The predicted molar refractivity (Wildman–Crippen MR) is 33.8 cm³/mol. The lowest BCUT2D eigenvalue weighted by Gasteiger charge is -1.98. The van der Waals surface area contributed by atoms with Crippen molar-refractivity contribution in [1.82, 2.24) is 0 Å². The summed E-state index contributed by atoms with van der Waals surface area (Å²) in [5, 5.41) is 7.16. The summed E-state index contributed by atoms with van der Waals surface area (Å²) in [6.07, 6.45) is 7.38. The maximum Gasteiger partial charge on any atom is 0.190 e. The van der Waals surface area contributed by atoms with Gasteiger partial charge in [-0.1, -0.05) is 6.08 Å². The number of rotatable bonds is 0. The van der Waals surface area contributed by atoms with Crippen LogP contribution < -0.4 is 0 Å². The van der Waals surface area contributed by atoms with E-state index in [1.54, 1.807) is 12.2 Å². The molecule has 1 heterocycles. The Morgan fingerprint density at radius 3 is 3.20 bits per heavy atom. The highest BCUT2D eigenvalue weighted by molar-refractivity contribution is 6.08. The number of hydrogen-bond acceptors (Lipinski definition) is 3. The van der Waals surface area contributed by atoms with Crippen LogP contribution in [-0.2, 0) is 4.79 Å². The van der Waals surface area contributed by atoms with Crippen molar-refractivity contribution in [1.29, 1.82) is 0 Å². The normalized spacial score (nSPS) is 20.6. The van der Waals surface area contributed by atoms with Crippen LogP contribution in [-0.4, -0.2) is 5.78 Å². The fraction of sp³-hybridized carbons (Fsp3) is 0. The molecule has 1 aliphatic heterocycles. The quantitative estimate of drug-likeness (QED) is 0.486. The van der Waals surface area contributed by atoms with Crippen LogP contribution in [0.4, 0.5) is 0 Å². The number of nitrogens with zero attached hydrogens (tertiary/aromatic N) is 2. The van der Waals surface area contributed by atoms with Gasteiger partial charge in [0.05, 0.1) is 11.3 Å². The van der Waals surface area contributed by atoms with Gasteiger partial charge in [-0.25, -0.2) is 0 Å². The standard InChI is InChI=1S/C7H3N2O/c10-7-3-1-2-6-5(7)4-8-9-6/h1-3H. The smallest absolute Gasteiger partial charge is 0.190 e. The zero-order chi connectivity index (χ0) is 6.97. The number of carbonyl (C=O) groups is 1. The van der Waals surface area contributed by atoms with Crippen LogP contribution in [0, 0.1) is 6.20 Å². The summed E-state index contributed by atoms with van der Waals surface area (Å²) in [6.45, 7) is 0. The lowest BCUT2D eigenvalue weighted by atomic mass is 10.1. The topological polar surface area (TPSA) is 41.8 Å². The van der Waals surface area contributed by atoms with Gasteiger partial charge in [0.2, 0.25) is 0 Å². The van der Waals surface area contributed by atoms with E-state index >= 15 is 0 Å². The Labute approximate surface area is 57.5 Å². The van der Waals surface area contributed by atoms with Crippen molar-refractivity contribution in [2.24, 2.45) is 10.2 Å². The second-order valence-corrected chi connectivity index (χ2v) is 1.96. The average Bonchev–Trinajstić information content (AvgIpc) is 2.36. The van der Waals surface area contributed by atoms with Crippen LogP contribution >= 0.6 is 0 Å². The predicted octanol–water partition coefficient (Wildman–Crippen LogP) is 1.16. The second kappa shape index (κ2) is 1.73. The molecular formula is C7H3N2O. The minimum atomic E-state index is -0.0671. The summed E-state index contributed by atoms with van der Waals surface area (Å²) < 4.78 is 0. The number of hydrogen-bond donors (Lipinski definition) is 0. The molecule has 0 aromatic rings. The Balaban J connectivity index is 2.54. The molecule has 2 rings (SSSR count). The molecule has 0 spiro atoms. The summed E-state index contributed by atoms with van der Waals surface area (Å²) >= 11 is 0. The molecule has 0 bridgehead atoms. The molecule has 0 aromatic carbocycles. The second-order valence-electron chi connectivity index (χ2n) is 1.96. The molecule has 10 heavy (non-hydrogen) atoms. The average molecular weight is 131 g/mol. The highest BCUT2D eigenvalue weighted by atomic mass is 16.1. The van der Waals surface area contributed by atoms with Crippen molar-refractivity contribution in [2.75, 3.05) is 0 Å². The Kier molecular flexibility index (Phi) is 0.917. The summed E-state index contributed by atoms with van der Waals surface area (Å²) in [4.78, 5) is 10.9. The van der Waals surface area contributed by atoms with Gasteiger partial charge in [0, 0.05) is 0 Å². The largest absolute Gasteiger partial charge is 0.289 e. The van der Waals surface area contributed by atoms with Crippen molar-refractivity contribution in [3.8, 4) is 0 Å². The fourth-order valence-corrected chi connectivity index (χ4v) is 0.844. The molecule has 0 unspecified atom stereocenters. The van der Waals surface area contributed by atoms with Gasteiger partial charge in [-0.2, -0.15) is 0 Å². The van der Waals surface area contributed by atoms with Gasteiger partial charge in [-0.05, 0) is 12.2 Å². The highest BCUT2D eigenvalue weighted by Gasteiger charge is 2.18. The van der Waals surface area contributed by atoms with E-state index in [9.17, 15) is 4.79 Å². The molecule has 1 aliphatic carbocycles. The first-order valence-corrected chi connectivity index (χ1v) is 2.85. The van der Waals surface area contributed by atoms with Crippen LogP contribution in [0.3, 0.4) is 0 Å². The number of allylic oxidation sites excluding steroid dienone is 4. The molecule has 0 saturated carbocycles. The Morgan fingerprint density at radius 2 is 2.40 bits per heavy atom. The summed E-state index contributed by atoms with van der Waals surface area (Å²) in [5.74, 6) is -0.0671. The Morgan fingerprint density at radius 1 is 1.50 bits per heavy atom. The molecule has 3 heteroatoms. The van der Waals surface area contributed by atoms with Gasteiger partial charge in [0.25, 0.3) is 0 Å². The first-order chi connectivity index (χ1) is 4.88. The maximum absolute atomic E-state index is 10.9. The van der Waals surface area contributed by atoms with Gasteiger partial charge >= 0.3 is 0 Å². The molecule has 0 fully saturated rings. The summed E-state index contributed by atoms with van der Waals surface area (Å²) in [5.41, 5.74) is 1.09. The van der Waals surface area contributed by atoms with Crippen molar-refractivity contribution < 1.29 is 4.79 Å². The monoisotopic (exact) mass is 131 g/mol. The van der Waals surface area contributed by atoms with E-state index < -0.39 is 0 Å². The Hall–Kier alpha value is -1.51. The maximum atomic E-state index is 10.9. The highest BCUT2D eigenvalue weighted by Crippen LogP contribution is 2.22. The van der Waals surface area contributed by atoms with Gasteiger partial charge in [0.15, 0.2) is 5.78 Å². The molecule has 0 amide bonds. The SMILES string of the molecule is O=C1C=CC=C2N=N[C]=C12. The number of azo groups is 1. The lowest BCUT2D eigenvalue weighted by molar-refractivity contribution is -0.111. The molecule has 0 aromatic heterocycles. The molecule has 47 valence electrons. The van der Waals surface area contributed by atoms with Crippen molar-refractivity contribution in [2.45, 2.75) is 0 Å². The van der Waals surface area contributed by atoms with E-state index in [0.717, 1.165) is 0 Å². The lowest BCUT2D eigenvalue weighted by Crippen LogP contribution is -2.01. The van der Waals surface area contributed by atoms with Crippen LogP contribution in [0.25, 0.3) is 0 Å². The number of carbonyl (C=O) groups excluding carboxylic acids is 1. The zero-order valence-electron chi connectivity index (χ0n) is 5.03. The summed E-state index contributed by atoms with van der Waals surface area (Å²) in [6, 6.07) is 0. The first kappa shape index (κ1) is 5.29. The molecule has 1 radical (unpaired) electrons. The van der Waals surface area contributed by atoms with E-state index in [-0.39, 0.29) is 5.78 Å². The van der Waals surface area contributed by atoms with Gasteiger partial charge < -0.3 is 0 Å². The van der Waals surface area contributed by atoms with Crippen LogP contribution in [0.2, 0.25) is 0 Å². The van der Waals surface area contributed by atoms with Crippen LogP contribution in [0.15, 0.2) is 39.7 Å². The van der Waals surface area contributed by atoms with Crippen LogP contribution in [0.1, 0.15) is 0 Å². The molecule has 0 saturated heterocycles. The first-order valence-electron chi connectivity index (χ1n) is 2.85. The van der Waals surface area contributed by atoms with Gasteiger partial charge in [-0.3, -0.25) is 4.79 Å². The van der Waals surface area contributed by atoms with Crippen molar-refractivity contribution >= 4 is 5.78 Å². The molecule has 0 N–H and O–H groups in total. The van der Waals surface area contributed by atoms with Crippen molar-refractivity contribution in [3.63, 3.8) is 0 Å². The van der Waals surface area contributed by atoms with Gasteiger partial charge in [-0.15, -0.1) is 10.2 Å². The summed E-state index contributed by atoms with van der Waals surface area (Å²) in [7, 11) is 0. The van der Waals surface area contributed by atoms with E-state index in [0.29, 0.717) is 11.3 Å². The van der Waals surface area contributed by atoms with Crippen LogP contribution in [0.5, 0.6) is 0 Å². The minimum absolute atomic E-state index is 0.0671.